The third kappa shape index (κ3) is 6.92. The van der Waals surface area contributed by atoms with E-state index in [1.54, 1.807) is 19.1 Å². The number of hydrogen-bond donors (Lipinski definition) is 0. The van der Waals surface area contributed by atoms with Gasteiger partial charge in [-0.3, -0.25) is 9.59 Å². The molecule has 0 saturated carbocycles. The fraction of sp³-hybridized carbons (Fsp3) is 0.500. The van der Waals surface area contributed by atoms with Gasteiger partial charge in [0.25, 0.3) is 0 Å². The van der Waals surface area contributed by atoms with E-state index in [-0.39, 0.29) is 24.4 Å². The second-order valence-corrected chi connectivity index (χ2v) is 4.79. The molecule has 0 aliphatic rings. The summed E-state index contributed by atoms with van der Waals surface area (Å²) in [5, 5.41) is 0. The van der Waals surface area contributed by atoms with Crippen molar-refractivity contribution in [3.63, 3.8) is 0 Å². The Labute approximate surface area is 121 Å². The topological polar surface area (TPSA) is 52.6 Å². The minimum absolute atomic E-state index is 0.0561. The van der Waals surface area contributed by atoms with Gasteiger partial charge >= 0.3 is 11.9 Å². The van der Waals surface area contributed by atoms with E-state index < -0.39 is 5.97 Å². The van der Waals surface area contributed by atoms with Crippen molar-refractivity contribution >= 4 is 11.9 Å². The largest absolute Gasteiger partial charge is 0.462 e. The van der Waals surface area contributed by atoms with Crippen molar-refractivity contribution in [3.8, 4) is 0 Å². The summed E-state index contributed by atoms with van der Waals surface area (Å²) in [6.07, 6.45) is 4.68. The first-order chi connectivity index (χ1) is 9.31. The molecule has 0 saturated heterocycles. The molecule has 0 bridgehead atoms. The Balaban J connectivity index is 4.84. The van der Waals surface area contributed by atoms with Crippen LogP contribution in [0.15, 0.2) is 36.1 Å². The molecule has 1 unspecified atom stereocenters. The zero-order chi connectivity index (χ0) is 15.7. The Morgan fingerprint density at radius 1 is 1.25 bits per heavy atom. The molecule has 4 heteroatoms. The maximum Gasteiger partial charge on any atom is 0.310 e. The molecule has 0 N–H and O–H groups in total. The van der Waals surface area contributed by atoms with E-state index in [0.717, 1.165) is 0 Å². The minimum Gasteiger partial charge on any atom is -0.462 e. The molecule has 0 radical (unpaired) electrons. The Morgan fingerprint density at radius 2 is 1.85 bits per heavy atom. The molecule has 0 aliphatic heterocycles. The molecule has 0 aromatic carbocycles. The lowest BCUT2D eigenvalue weighted by Crippen LogP contribution is -2.20. The van der Waals surface area contributed by atoms with E-state index in [4.69, 9.17) is 9.47 Å². The normalized spacial score (nSPS) is 13.9. The summed E-state index contributed by atoms with van der Waals surface area (Å²) in [7, 11) is 0. The lowest BCUT2D eigenvalue weighted by atomic mass is 10.1. The fourth-order valence-corrected chi connectivity index (χ4v) is 1.34. The van der Waals surface area contributed by atoms with E-state index in [0.29, 0.717) is 11.3 Å². The van der Waals surface area contributed by atoms with Crippen molar-refractivity contribution in [1.29, 1.82) is 0 Å². The number of hydrogen-bond acceptors (Lipinski definition) is 4. The summed E-state index contributed by atoms with van der Waals surface area (Å²) in [6, 6.07) is 0. The van der Waals surface area contributed by atoms with Gasteiger partial charge in [-0.1, -0.05) is 32.6 Å². The molecule has 20 heavy (non-hydrogen) atoms. The van der Waals surface area contributed by atoms with E-state index >= 15 is 0 Å². The predicted molar refractivity (Wildman–Crippen MR) is 78.8 cm³/mol. The number of carbonyl (C=O) groups excluding carboxylic acids is 2. The summed E-state index contributed by atoms with van der Waals surface area (Å²) in [6.45, 7) is 12.5. The maximum absolute atomic E-state index is 11.9. The number of carbonyl (C=O) groups is 2. The van der Waals surface area contributed by atoms with Crippen LogP contribution >= 0.6 is 0 Å². The number of allylic oxidation sites excluding steroid dienone is 4. The van der Waals surface area contributed by atoms with Crippen LogP contribution in [-0.4, -0.2) is 18.0 Å². The summed E-state index contributed by atoms with van der Waals surface area (Å²) in [5.74, 6) is -0.211. The van der Waals surface area contributed by atoms with Gasteiger partial charge in [0.05, 0.1) is 6.42 Å². The third-order valence-corrected chi connectivity index (χ3v) is 2.78. The van der Waals surface area contributed by atoms with Crippen molar-refractivity contribution in [1.82, 2.24) is 0 Å². The third-order valence-electron chi connectivity index (χ3n) is 2.78. The van der Waals surface area contributed by atoms with Gasteiger partial charge < -0.3 is 9.47 Å². The van der Waals surface area contributed by atoms with Gasteiger partial charge in [-0.25, -0.2) is 0 Å². The Bertz CT molecular complexity index is 416. The molecular weight excluding hydrogens is 256 g/mol. The van der Waals surface area contributed by atoms with Crippen LogP contribution in [0.2, 0.25) is 0 Å². The molecule has 112 valence electrons. The second kappa shape index (κ2) is 9.13. The van der Waals surface area contributed by atoms with Crippen LogP contribution in [-0.2, 0) is 19.1 Å². The first kappa shape index (κ1) is 18.2. The molecule has 0 amide bonds. The Morgan fingerprint density at radius 3 is 2.25 bits per heavy atom. The lowest BCUT2D eigenvalue weighted by molar-refractivity contribution is -0.149. The zero-order valence-corrected chi connectivity index (χ0v) is 12.9. The van der Waals surface area contributed by atoms with Gasteiger partial charge in [0, 0.05) is 12.5 Å². The fourth-order valence-electron chi connectivity index (χ4n) is 1.34. The Hall–Kier alpha value is -1.84. The molecule has 0 rings (SSSR count). The SMILES string of the molecule is C=C/C=C(OC(C)=O)\C(=C/C)CC(=O)OC(C)C(C)C. The summed E-state index contributed by atoms with van der Waals surface area (Å²) >= 11 is 0. The molecule has 0 heterocycles. The van der Waals surface area contributed by atoms with Gasteiger partial charge in [-0.15, -0.1) is 0 Å². The summed E-state index contributed by atoms with van der Waals surface area (Å²) < 4.78 is 10.4. The highest BCUT2D eigenvalue weighted by atomic mass is 16.5. The van der Waals surface area contributed by atoms with Crippen LogP contribution in [0.4, 0.5) is 0 Å². The first-order valence-electron chi connectivity index (χ1n) is 6.68. The monoisotopic (exact) mass is 280 g/mol. The average molecular weight is 280 g/mol. The molecule has 4 nitrogen and oxygen atoms in total. The van der Waals surface area contributed by atoms with Crippen molar-refractivity contribution < 1.29 is 19.1 Å². The second-order valence-electron chi connectivity index (χ2n) is 4.79. The van der Waals surface area contributed by atoms with Gasteiger partial charge in [-0.05, 0) is 25.8 Å². The van der Waals surface area contributed by atoms with Gasteiger partial charge in [0.2, 0.25) is 0 Å². The molecule has 0 aromatic rings. The van der Waals surface area contributed by atoms with Crippen molar-refractivity contribution in [2.75, 3.05) is 0 Å². The standard InChI is InChI=1S/C16H24O4/c1-7-9-15(20-13(6)17)14(8-2)10-16(18)19-12(5)11(3)4/h7-9,11-12H,1,10H2,2-6H3/b14-8-,15-9+. The lowest BCUT2D eigenvalue weighted by Gasteiger charge is -2.17. The quantitative estimate of drug-likeness (QED) is 0.406. The average Bonchev–Trinajstić information content (AvgIpc) is 2.34. The first-order valence-corrected chi connectivity index (χ1v) is 6.68. The highest BCUT2D eigenvalue weighted by Crippen LogP contribution is 2.18. The van der Waals surface area contributed by atoms with Crippen molar-refractivity contribution in [2.45, 2.75) is 47.1 Å². The van der Waals surface area contributed by atoms with E-state index in [1.807, 2.05) is 20.8 Å². The highest BCUT2D eigenvalue weighted by molar-refractivity contribution is 5.75. The summed E-state index contributed by atoms with van der Waals surface area (Å²) in [4.78, 5) is 22.9. The number of esters is 2. The highest BCUT2D eigenvalue weighted by Gasteiger charge is 2.17. The van der Waals surface area contributed by atoms with E-state index in [2.05, 4.69) is 6.58 Å². The van der Waals surface area contributed by atoms with Crippen molar-refractivity contribution in [3.05, 3.63) is 36.1 Å². The molecule has 0 spiro atoms. The van der Waals surface area contributed by atoms with Crippen LogP contribution in [0.25, 0.3) is 0 Å². The predicted octanol–water partition coefficient (Wildman–Crippen LogP) is 3.54. The van der Waals surface area contributed by atoms with Gasteiger partial charge in [-0.2, -0.15) is 0 Å². The van der Waals surface area contributed by atoms with Crippen LogP contribution < -0.4 is 0 Å². The van der Waals surface area contributed by atoms with Crippen LogP contribution in [0.5, 0.6) is 0 Å². The molecule has 0 aromatic heterocycles. The van der Waals surface area contributed by atoms with E-state index in [1.165, 1.54) is 13.0 Å². The maximum atomic E-state index is 11.9. The Kier molecular flexibility index (Phi) is 8.29. The molecule has 1 atom stereocenters. The smallest absolute Gasteiger partial charge is 0.310 e. The van der Waals surface area contributed by atoms with Crippen LogP contribution in [0, 0.1) is 5.92 Å². The van der Waals surface area contributed by atoms with Gasteiger partial charge in [0.1, 0.15) is 11.9 Å². The van der Waals surface area contributed by atoms with Gasteiger partial charge in [0.15, 0.2) is 0 Å². The van der Waals surface area contributed by atoms with Crippen LogP contribution in [0.1, 0.15) is 41.0 Å². The van der Waals surface area contributed by atoms with Crippen LogP contribution in [0.3, 0.4) is 0 Å². The number of ether oxygens (including phenoxy) is 2. The number of rotatable bonds is 7. The van der Waals surface area contributed by atoms with Crippen molar-refractivity contribution in [2.24, 2.45) is 5.92 Å². The molecule has 0 aliphatic carbocycles. The summed E-state index contributed by atoms with van der Waals surface area (Å²) in [5.41, 5.74) is 0.598. The minimum atomic E-state index is -0.443. The zero-order valence-electron chi connectivity index (χ0n) is 12.9. The van der Waals surface area contributed by atoms with E-state index in [9.17, 15) is 9.59 Å². The molecular formula is C16H24O4. The molecule has 0 fully saturated rings.